The number of carbonyl (C=O) groups excluding carboxylic acids is 1. The summed E-state index contributed by atoms with van der Waals surface area (Å²) in [7, 11) is 0. The van der Waals surface area contributed by atoms with Crippen LogP contribution in [0.5, 0.6) is 0 Å². The topological polar surface area (TPSA) is 89.8 Å². The van der Waals surface area contributed by atoms with Gasteiger partial charge in [-0.2, -0.15) is 0 Å². The zero-order chi connectivity index (χ0) is 35.3. The number of carbonyl (C=O) groups is 1. The van der Waals surface area contributed by atoms with Gasteiger partial charge in [-0.15, -0.1) is 0 Å². The van der Waals surface area contributed by atoms with E-state index in [2.05, 4.69) is 31.3 Å². The Morgan fingerprint density at radius 1 is 0.521 bits per heavy atom. The Bertz CT molecular complexity index is 684. The van der Waals surface area contributed by atoms with E-state index in [1.165, 1.54) is 154 Å². The lowest BCUT2D eigenvalue weighted by Gasteiger charge is -2.28. The average molecular weight is 680 g/mol. The molecule has 0 aliphatic heterocycles. The van der Waals surface area contributed by atoms with Crippen LogP contribution in [0, 0.1) is 5.92 Å². The van der Waals surface area contributed by atoms with Crippen LogP contribution in [0.25, 0.3) is 0 Å². The smallest absolute Gasteiger partial charge is 0.249 e. The van der Waals surface area contributed by atoms with Crippen LogP contribution in [0.1, 0.15) is 226 Å². The summed E-state index contributed by atoms with van der Waals surface area (Å²) in [6.07, 6.45) is 42.8. The highest BCUT2D eigenvalue weighted by Crippen LogP contribution is 2.18. The van der Waals surface area contributed by atoms with Crippen molar-refractivity contribution in [2.24, 2.45) is 5.92 Å². The number of nitrogens with one attached hydrogen (secondary N) is 1. The maximum absolute atomic E-state index is 12.6. The monoisotopic (exact) mass is 680 g/mol. The Morgan fingerprint density at radius 2 is 0.854 bits per heavy atom. The largest absolute Gasteiger partial charge is 0.394 e. The van der Waals surface area contributed by atoms with Crippen molar-refractivity contribution in [1.29, 1.82) is 0 Å². The predicted octanol–water partition coefficient (Wildman–Crippen LogP) is 11.9. The van der Waals surface area contributed by atoms with E-state index in [1.54, 1.807) is 0 Å². The Kier molecular flexibility index (Phi) is 36.6. The zero-order valence-corrected chi connectivity index (χ0v) is 32.5. The van der Waals surface area contributed by atoms with Crippen LogP contribution < -0.4 is 5.32 Å². The zero-order valence-electron chi connectivity index (χ0n) is 32.5. The van der Waals surface area contributed by atoms with Crippen molar-refractivity contribution in [3.63, 3.8) is 0 Å². The Balaban J connectivity index is 3.71. The van der Waals surface area contributed by atoms with Gasteiger partial charge in [-0.25, -0.2) is 0 Å². The molecule has 0 heterocycles. The van der Waals surface area contributed by atoms with Crippen LogP contribution in [0.4, 0.5) is 0 Å². The molecule has 0 fully saturated rings. The first-order chi connectivity index (χ1) is 23.5. The Labute approximate surface area is 299 Å². The number of unbranched alkanes of at least 4 members (excludes halogenated alkanes) is 27. The van der Waals surface area contributed by atoms with Gasteiger partial charge in [-0.05, 0) is 38.5 Å². The van der Waals surface area contributed by atoms with Crippen molar-refractivity contribution in [2.75, 3.05) is 6.61 Å². The molecule has 4 unspecified atom stereocenters. The lowest BCUT2D eigenvalue weighted by atomic mass is 9.92. The molecule has 0 spiro atoms. The van der Waals surface area contributed by atoms with E-state index < -0.39 is 24.2 Å². The SMILES string of the molecule is CCCCCCCCCCCCCCCCCCC=CCCCCC(O)C(=O)NC(CO)C(C)C(O)CCCCCCCCCCCC. The van der Waals surface area contributed by atoms with E-state index in [4.69, 9.17) is 0 Å². The lowest BCUT2D eigenvalue weighted by Crippen LogP contribution is -2.49. The first-order valence-electron chi connectivity index (χ1n) is 21.4. The summed E-state index contributed by atoms with van der Waals surface area (Å²) in [5.74, 6) is -0.699. The molecular formula is C43H85NO4. The van der Waals surface area contributed by atoms with Gasteiger partial charge in [-0.1, -0.05) is 200 Å². The average Bonchev–Trinajstić information content (AvgIpc) is 3.09. The van der Waals surface area contributed by atoms with E-state index >= 15 is 0 Å². The minimum atomic E-state index is -1.07. The third-order valence-corrected chi connectivity index (χ3v) is 10.4. The molecule has 5 heteroatoms. The summed E-state index contributed by atoms with van der Waals surface area (Å²) >= 11 is 0. The molecule has 286 valence electrons. The van der Waals surface area contributed by atoms with Gasteiger partial charge in [0.25, 0.3) is 0 Å². The Morgan fingerprint density at radius 3 is 1.25 bits per heavy atom. The second kappa shape index (κ2) is 37.3. The number of hydrogen-bond donors (Lipinski definition) is 4. The normalized spacial score (nSPS) is 14.4. The summed E-state index contributed by atoms with van der Waals surface area (Å²) in [6.45, 7) is 6.17. The summed E-state index contributed by atoms with van der Waals surface area (Å²) in [4.78, 5) is 12.6. The number of aliphatic hydroxyl groups excluding tert-OH is 3. The van der Waals surface area contributed by atoms with E-state index in [1.807, 2.05) is 6.92 Å². The first kappa shape index (κ1) is 47.1. The highest BCUT2D eigenvalue weighted by molar-refractivity contribution is 5.80. The molecule has 0 rings (SSSR count). The van der Waals surface area contributed by atoms with Crippen LogP contribution in [0.15, 0.2) is 12.2 Å². The molecule has 0 aliphatic carbocycles. The van der Waals surface area contributed by atoms with Crippen LogP contribution in [-0.2, 0) is 4.79 Å². The fourth-order valence-electron chi connectivity index (χ4n) is 6.77. The van der Waals surface area contributed by atoms with E-state index in [0.717, 1.165) is 38.5 Å². The minimum Gasteiger partial charge on any atom is -0.394 e. The van der Waals surface area contributed by atoms with Gasteiger partial charge < -0.3 is 20.6 Å². The predicted molar refractivity (Wildman–Crippen MR) is 208 cm³/mol. The maximum atomic E-state index is 12.6. The van der Waals surface area contributed by atoms with Gasteiger partial charge in [0, 0.05) is 5.92 Å². The van der Waals surface area contributed by atoms with Gasteiger partial charge in [-0.3, -0.25) is 4.79 Å². The molecule has 5 nitrogen and oxygen atoms in total. The lowest BCUT2D eigenvalue weighted by molar-refractivity contribution is -0.131. The van der Waals surface area contributed by atoms with Gasteiger partial charge in [0.2, 0.25) is 5.91 Å². The van der Waals surface area contributed by atoms with Crippen LogP contribution in [0.3, 0.4) is 0 Å². The maximum Gasteiger partial charge on any atom is 0.249 e. The highest BCUT2D eigenvalue weighted by Gasteiger charge is 2.27. The second-order valence-electron chi connectivity index (χ2n) is 15.1. The van der Waals surface area contributed by atoms with Crippen LogP contribution in [0.2, 0.25) is 0 Å². The second-order valence-corrected chi connectivity index (χ2v) is 15.1. The fraction of sp³-hybridized carbons (Fsp3) is 0.930. The summed E-state index contributed by atoms with van der Waals surface area (Å²) in [5, 5.41) is 33.7. The van der Waals surface area contributed by atoms with Crippen molar-refractivity contribution in [2.45, 2.75) is 244 Å². The molecule has 48 heavy (non-hydrogen) atoms. The molecule has 1 amide bonds. The van der Waals surface area contributed by atoms with E-state index in [-0.39, 0.29) is 12.5 Å². The Hall–Kier alpha value is -0.910. The minimum absolute atomic E-state index is 0.237. The van der Waals surface area contributed by atoms with E-state index in [9.17, 15) is 20.1 Å². The first-order valence-corrected chi connectivity index (χ1v) is 21.4. The summed E-state index contributed by atoms with van der Waals surface area (Å²) < 4.78 is 0. The number of allylic oxidation sites excluding steroid dienone is 2. The van der Waals surface area contributed by atoms with Crippen molar-refractivity contribution >= 4 is 5.91 Å². The molecule has 0 radical (unpaired) electrons. The third-order valence-electron chi connectivity index (χ3n) is 10.4. The molecule has 0 saturated carbocycles. The number of rotatable bonds is 38. The van der Waals surface area contributed by atoms with E-state index in [0.29, 0.717) is 12.8 Å². The van der Waals surface area contributed by atoms with Crippen molar-refractivity contribution in [3.8, 4) is 0 Å². The van der Waals surface area contributed by atoms with Crippen LogP contribution >= 0.6 is 0 Å². The molecular weight excluding hydrogens is 594 g/mol. The van der Waals surface area contributed by atoms with Gasteiger partial charge in [0.05, 0.1) is 18.8 Å². The van der Waals surface area contributed by atoms with Gasteiger partial charge >= 0.3 is 0 Å². The fourth-order valence-corrected chi connectivity index (χ4v) is 6.77. The molecule has 0 aliphatic rings. The third kappa shape index (κ3) is 31.1. The highest BCUT2D eigenvalue weighted by atomic mass is 16.3. The molecule has 0 aromatic rings. The van der Waals surface area contributed by atoms with Crippen LogP contribution in [-0.4, -0.2) is 46.1 Å². The van der Waals surface area contributed by atoms with Crippen molar-refractivity contribution < 1.29 is 20.1 Å². The number of hydrogen-bond acceptors (Lipinski definition) is 4. The molecule has 0 saturated heterocycles. The molecule has 0 aromatic carbocycles. The molecule has 4 N–H and O–H groups in total. The van der Waals surface area contributed by atoms with Crippen molar-refractivity contribution in [3.05, 3.63) is 12.2 Å². The molecule has 4 atom stereocenters. The summed E-state index contributed by atoms with van der Waals surface area (Å²) in [6, 6.07) is -0.544. The standard InChI is InChI=1S/C43H85NO4/c1-4-6-8-10-12-14-16-17-18-19-20-21-22-23-24-25-26-27-29-31-33-35-37-42(47)43(48)44-40(38-45)39(3)41(46)36-34-32-30-28-15-13-11-9-7-5-2/h27,29,39-42,45-47H,4-26,28,30-38H2,1-3H3,(H,44,48). The summed E-state index contributed by atoms with van der Waals surface area (Å²) in [5.41, 5.74) is 0. The number of aliphatic hydroxyl groups is 3. The quantitative estimate of drug-likeness (QED) is 0.0386. The number of amides is 1. The molecule has 0 bridgehead atoms. The van der Waals surface area contributed by atoms with Gasteiger partial charge in [0.1, 0.15) is 6.10 Å². The molecule has 0 aromatic heterocycles. The van der Waals surface area contributed by atoms with Crippen molar-refractivity contribution in [1.82, 2.24) is 5.32 Å². The van der Waals surface area contributed by atoms with Gasteiger partial charge in [0.15, 0.2) is 0 Å².